The lowest BCUT2D eigenvalue weighted by molar-refractivity contribution is -0.138. The molecule has 0 heterocycles. The third-order valence-corrected chi connectivity index (χ3v) is 0.649. The molecule has 0 saturated heterocycles. The van der Waals surface area contributed by atoms with E-state index >= 15 is 0 Å². The smallest absolute Gasteiger partial charge is 0.478 e. The molecule has 14 heavy (non-hydrogen) atoms. The monoisotopic (exact) mass is 206 g/mol. The van der Waals surface area contributed by atoms with E-state index in [0.29, 0.717) is 0 Å². The van der Waals surface area contributed by atoms with Gasteiger partial charge in [0.05, 0.1) is 6.61 Å². The lowest BCUT2D eigenvalue weighted by atomic mass is 10.5. The summed E-state index contributed by atoms with van der Waals surface area (Å²) in [6.07, 6.45) is -0.232. The Hall–Kier alpha value is -2.05. The Morgan fingerprint density at radius 3 is 1.86 bits per heavy atom. The number of aliphatic carboxylic acids is 1. The summed E-state index contributed by atoms with van der Waals surface area (Å²) in [5.41, 5.74) is 0. The van der Waals surface area contributed by atoms with Crippen LogP contribution in [0.4, 0.5) is 4.79 Å². The molecule has 0 aromatic carbocycles. The zero-order valence-corrected chi connectivity index (χ0v) is 7.34. The van der Waals surface area contributed by atoms with Gasteiger partial charge in [0.2, 0.25) is 0 Å². The van der Waals surface area contributed by atoms with E-state index in [-0.39, 0.29) is 6.61 Å². The van der Waals surface area contributed by atoms with Gasteiger partial charge in [0.15, 0.2) is 0 Å². The molecule has 0 radical (unpaired) electrons. The van der Waals surface area contributed by atoms with E-state index in [0.717, 1.165) is 12.2 Å². The summed E-state index contributed by atoms with van der Waals surface area (Å²) in [6, 6.07) is 0. The Labute approximate surface area is 79.2 Å². The summed E-state index contributed by atoms with van der Waals surface area (Å²) in [5.74, 6) is -1.79. The molecule has 7 nitrogen and oxygen atoms in total. The van der Waals surface area contributed by atoms with Crippen LogP contribution in [-0.4, -0.2) is 40.0 Å². The maximum absolute atomic E-state index is 10.4. The molecule has 0 rings (SSSR count). The van der Waals surface area contributed by atoms with Gasteiger partial charge < -0.3 is 20.1 Å². The van der Waals surface area contributed by atoms with Gasteiger partial charge in [-0.1, -0.05) is 0 Å². The van der Waals surface area contributed by atoms with Crippen molar-refractivity contribution in [3.63, 3.8) is 0 Å². The zero-order valence-electron chi connectivity index (χ0n) is 7.34. The van der Waals surface area contributed by atoms with Crippen LogP contribution in [0.5, 0.6) is 0 Å². The van der Waals surface area contributed by atoms with Crippen LogP contribution in [0.15, 0.2) is 12.2 Å². The van der Waals surface area contributed by atoms with Crippen LogP contribution < -0.4 is 0 Å². The van der Waals surface area contributed by atoms with Crippen molar-refractivity contribution in [1.82, 2.24) is 0 Å². The largest absolute Gasteiger partial charge is 0.503 e. The molecule has 7 heteroatoms. The second-order valence-corrected chi connectivity index (χ2v) is 1.71. The van der Waals surface area contributed by atoms with E-state index in [1.165, 1.54) is 0 Å². The number of hydrogen-bond acceptors (Lipinski definition) is 4. The lowest BCUT2D eigenvalue weighted by Gasteiger charge is -1.92. The van der Waals surface area contributed by atoms with Crippen LogP contribution in [0.25, 0.3) is 0 Å². The molecule has 0 aliphatic rings. The van der Waals surface area contributed by atoms with Gasteiger partial charge in [-0.15, -0.1) is 0 Å². The Morgan fingerprint density at radius 1 is 1.14 bits per heavy atom. The van der Waals surface area contributed by atoms with Gasteiger partial charge in [-0.05, 0) is 6.92 Å². The second kappa shape index (κ2) is 9.04. The summed E-state index contributed by atoms with van der Waals surface area (Å²) in [4.78, 5) is 28.7. The Kier molecular flexibility index (Phi) is 9.35. The first kappa shape index (κ1) is 14.5. The predicted octanol–water partition coefficient (Wildman–Crippen LogP) is 0.413. The molecule has 3 N–H and O–H groups in total. The van der Waals surface area contributed by atoms with E-state index in [1.807, 2.05) is 0 Å². The van der Waals surface area contributed by atoms with Crippen molar-refractivity contribution in [3.8, 4) is 0 Å². The topological polar surface area (TPSA) is 121 Å². The number of esters is 1. The van der Waals surface area contributed by atoms with Gasteiger partial charge in [-0.3, -0.25) is 0 Å². The lowest BCUT2D eigenvalue weighted by Crippen LogP contribution is -2.00. The summed E-state index contributed by atoms with van der Waals surface area (Å²) in [5, 5.41) is 22.0. The van der Waals surface area contributed by atoms with Crippen molar-refractivity contribution in [2.45, 2.75) is 6.92 Å². The van der Waals surface area contributed by atoms with Crippen LogP contribution >= 0.6 is 0 Å². The number of carbonyl (C=O) groups is 3. The summed E-state index contributed by atoms with van der Waals surface area (Å²) in [6.45, 7) is 1.90. The fourth-order valence-corrected chi connectivity index (χ4v) is 0.330. The molecule has 80 valence electrons. The van der Waals surface area contributed by atoms with Crippen LogP contribution in [-0.2, 0) is 14.3 Å². The molecule has 0 atom stereocenters. The van der Waals surface area contributed by atoms with Gasteiger partial charge in [-0.2, -0.15) is 0 Å². The molecule has 0 aromatic rings. The molecule has 0 aliphatic carbocycles. The quantitative estimate of drug-likeness (QED) is 0.451. The molecule has 0 aromatic heterocycles. The first-order valence-corrected chi connectivity index (χ1v) is 3.39. The standard InChI is InChI=1S/C6H8O4.CH2O3/c1-2-10-6(9)4-3-5(7)8;2-1(3)4/h3-4H,2H2,1H3,(H,7,8);(H2,2,3,4)/b4-3-;. The highest BCUT2D eigenvalue weighted by atomic mass is 16.6. The van der Waals surface area contributed by atoms with E-state index in [4.69, 9.17) is 20.1 Å². The minimum Gasteiger partial charge on any atom is -0.478 e. The van der Waals surface area contributed by atoms with Crippen LogP contribution in [0, 0.1) is 0 Å². The maximum Gasteiger partial charge on any atom is 0.503 e. The van der Waals surface area contributed by atoms with E-state index in [2.05, 4.69) is 4.74 Å². The molecular weight excluding hydrogens is 196 g/mol. The van der Waals surface area contributed by atoms with E-state index < -0.39 is 18.1 Å². The normalized spacial score (nSPS) is 8.64. The van der Waals surface area contributed by atoms with E-state index in [9.17, 15) is 9.59 Å². The Balaban J connectivity index is 0. The number of ether oxygens (including phenoxy) is 1. The molecule has 0 unspecified atom stereocenters. The molecule has 0 saturated carbocycles. The van der Waals surface area contributed by atoms with Crippen LogP contribution in [0.1, 0.15) is 6.92 Å². The zero-order chi connectivity index (χ0) is 11.6. The minimum atomic E-state index is -1.83. The Bertz CT molecular complexity index is 226. The van der Waals surface area contributed by atoms with Crippen molar-refractivity contribution in [1.29, 1.82) is 0 Å². The van der Waals surface area contributed by atoms with Gasteiger partial charge in [0.25, 0.3) is 0 Å². The van der Waals surface area contributed by atoms with Gasteiger partial charge >= 0.3 is 18.1 Å². The minimum absolute atomic E-state index is 0.253. The summed E-state index contributed by atoms with van der Waals surface area (Å²) < 4.78 is 4.40. The number of rotatable bonds is 3. The number of carboxylic acids is 1. The molecule has 0 bridgehead atoms. The average molecular weight is 206 g/mol. The molecule has 0 spiro atoms. The molecule has 0 aliphatic heterocycles. The number of carbonyl (C=O) groups excluding carboxylic acids is 1. The van der Waals surface area contributed by atoms with Crippen molar-refractivity contribution in [2.75, 3.05) is 6.61 Å². The molecule has 0 amide bonds. The third kappa shape index (κ3) is 22.5. The Morgan fingerprint density at radius 2 is 1.57 bits per heavy atom. The fourth-order valence-electron chi connectivity index (χ4n) is 0.330. The number of carboxylic acid groups (broad SMARTS) is 3. The molecular formula is C7H10O7. The van der Waals surface area contributed by atoms with Crippen molar-refractivity contribution < 1.29 is 34.4 Å². The van der Waals surface area contributed by atoms with Crippen LogP contribution in [0.2, 0.25) is 0 Å². The average Bonchev–Trinajstić information content (AvgIpc) is 2.00. The SMILES string of the molecule is CCOC(=O)/C=C\C(=O)O.O=C(O)O. The summed E-state index contributed by atoms with van der Waals surface area (Å²) in [7, 11) is 0. The maximum atomic E-state index is 10.4. The predicted molar refractivity (Wildman–Crippen MR) is 44.1 cm³/mol. The first-order chi connectivity index (χ1) is 6.40. The highest BCUT2D eigenvalue weighted by Crippen LogP contribution is 1.80. The van der Waals surface area contributed by atoms with Gasteiger partial charge in [-0.25, -0.2) is 14.4 Å². The third-order valence-electron chi connectivity index (χ3n) is 0.649. The number of hydrogen-bond donors (Lipinski definition) is 3. The highest BCUT2D eigenvalue weighted by Gasteiger charge is 1.94. The van der Waals surface area contributed by atoms with Gasteiger partial charge in [0.1, 0.15) is 0 Å². The van der Waals surface area contributed by atoms with Crippen molar-refractivity contribution in [3.05, 3.63) is 12.2 Å². The highest BCUT2D eigenvalue weighted by molar-refractivity contribution is 5.90. The van der Waals surface area contributed by atoms with Crippen molar-refractivity contribution >= 4 is 18.1 Å². The van der Waals surface area contributed by atoms with Crippen LogP contribution in [0.3, 0.4) is 0 Å². The fraction of sp³-hybridized carbons (Fsp3) is 0.286. The second-order valence-electron chi connectivity index (χ2n) is 1.71. The molecule has 0 fully saturated rings. The van der Waals surface area contributed by atoms with E-state index in [1.54, 1.807) is 6.92 Å². The summed E-state index contributed by atoms with van der Waals surface area (Å²) >= 11 is 0. The first-order valence-electron chi connectivity index (χ1n) is 3.39. The van der Waals surface area contributed by atoms with Crippen molar-refractivity contribution in [2.24, 2.45) is 0 Å². The van der Waals surface area contributed by atoms with Gasteiger partial charge in [0, 0.05) is 12.2 Å².